The van der Waals surface area contributed by atoms with Gasteiger partial charge in [0.05, 0.1) is 26.3 Å². The molecule has 0 bridgehead atoms. The molecule has 0 heterocycles. The summed E-state index contributed by atoms with van der Waals surface area (Å²) in [4.78, 5) is 10.9. The van der Waals surface area contributed by atoms with Gasteiger partial charge in [0.15, 0.2) is 0 Å². The van der Waals surface area contributed by atoms with Gasteiger partial charge in [-0.2, -0.15) is 0 Å². The fourth-order valence-corrected chi connectivity index (χ4v) is 2.29. The third kappa shape index (κ3) is 3.18. The van der Waals surface area contributed by atoms with Crippen LogP contribution in [0.2, 0.25) is 15.1 Å². The summed E-state index contributed by atoms with van der Waals surface area (Å²) in [7, 11) is 0. The van der Waals surface area contributed by atoms with Crippen LogP contribution in [0.4, 0.5) is 11.4 Å². The van der Waals surface area contributed by atoms with Gasteiger partial charge in [0, 0.05) is 5.69 Å². The molecule has 6 heteroatoms. The molecule has 0 saturated heterocycles. The van der Waals surface area contributed by atoms with Gasteiger partial charge in [0.25, 0.3) is 0 Å². The standard InChI is InChI=1S/C14H10Cl3NO2/c1-7-4-8(14(19)20)2-3-12(7)18-13-6-10(16)9(15)5-11(13)17/h2-6,18H,1H3,(H,19,20). The molecule has 2 aromatic rings. The molecule has 0 amide bonds. The maximum atomic E-state index is 10.9. The summed E-state index contributed by atoms with van der Waals surface area (Å²) in [6.07, 6.45) is 0. The SMILES string of the molecule is Cc1cc(C(=O)O)ccc1Nc1cc(Cl)c(Cl)cc1Cl. The number of benzene rings is 2. The quantitative estimate of drug-likeness (QED) is 0.741. The number of carboxylic acids is 1. The zero-order valence-corrected chi connectivity index (χ0v) is 12.6. The van der Waals surface area contributed by atoms with Crippen molar-refractivity contribution in [2.45, 2.75) is 6.92 Å². The van der Waals surface area contributed by atoms with Gasteiger partial charge in [-0.15, -0.1) is 0 Å². The number of aromatic carboxylic acids is 1. The maximum Gasteiger partial charge on any atom is 0.335 e. The van der Waals surface area contributed by atoms with E-state index in [0.717, 1.165) is 11.3 Å². The van der Waals surface area contributed by atoms with E-state index in [-0.39, 0.29) is 5.56 Å². The second-order valence-corrected chi connectivity index (χ2v) is 5.43. The fourth-order valence-electron chi connectivity index (χ4n) is 1.70. The Kier molecular flexibility index (Phi) is 4.43. The van der Waals surface area contributed by atoms with Crippen LogP contribution in [0.3, 0.4) is 0 Å². The fraction of sp³-hybridized carbons (Fsp3) is 0.0714. The Morgan fingerprint density at radius 3 is 2.25 bits per heavy atom. The van der Waals surface area contributed by atoms with E-state index in [2.05, 4.69) is 5.32 Å². The summed E-state index contributed by atoms with van der Waals surface area (Å²) in [5, 5.41) is 13.2. The van der Waals surface area contributed by atoms with Crippen molar-refractivity contribution in [3.05, 3.63) is 56.5 Å². The van der Waals surface area contributed by atoms with E-state index >= 15 is 0 Å². The van der Waals surface area contributed by atoms with Gasteiger partial charge in [-0.25, -0.2) is 4.79 Å². The van der Waals surface area contributed by atoms with Crippen molar-refractivity contribution in [2.75, 3.05) is 5.32 Å². The molecule has 2 aromatic carbocycles. The van der Waals surface area contributed by atoms with Gasteiger partial charge in [-0.05, 0) is 42.8 Å². The Bertz CT molecular complexity index is 686. The van der Waals surface area contributed by atoms with E-state index in [9.17, 15) is 4.79 Å². The number of nitrogens with one attached hydrogen (secondary N) is 1. The van der Waals surface area contributed by atoms with E-state index in [1.54, 1.807) is 31.2 Å². The summed E-state index contributed by atoms with van der Waals surface area (Å²) in [5.41, 5.74) is 2.36. The summed E-state index contributed by atoms with van der Waals surface area (Å²) >= 11 is 17.9. The van der Waals surface area contributed by atoms with E-state index < -0.39 is 5.97 Å². The molecule has 0 aliphatic rings. The van der Waals surface area contributed by atoms with Crippen LogP contribution in [0, 0.1) is 6.92 Å². The van der Waals surface area contributed by atoms with Crippen LogP contribution >= 0.6 is 34.8 Å². The van der Waals surface area contributed by atoms with Crippen LogP contribution in [-0.2, 0) is 0 Å². The van der Waals surface area contributed by atoms with Gasteiger partial charge in [-0.1, -0.05) is 34.8 Å². The molecule has 0 spiro atoms. The molecule has 0 aliphatic heterocycles. The smallest absolute Gasteiger partial charge is 0.335 e. The summed E-state index contributed by atoms with van der Waals surface area (Å²) < 4.78 is 0. The first-order valence-corrected chi connectivity index (χ1v) is 6.77. The molecule has 2 N–H and O–H groups in total. The average Bonchev–Trinajstić information content (AvgIpc) is 2.37. The highest BCUT2D eigenvalue weighted by Gasteiger charge is 2.09. The molecular weight excluding hydrogens is 321 g/mol. The number of hydrogen-bond donors (Lipinski definition) is 2. The van der Waals surface area contributed by atoms with Crippen LogP contribution < -0.4 is 5.32 Å². The first-order chi connectivity index (χ1) is 9.38. The summed E-state index contributed by atoms with van der Waals surface area (Å²) in [6, 6.07) is 7.95. The van der Waals surface area contributed by atoms with E-state index in [1.807, 2.05) is 0 Å². The van der Waals surface area contributed by atoms with E-state index in [4.69, 9.17) is 39.9 Å². The van der Waals surface area contributed by atoms with Crippen molar-refractivity contribution in [2.24, 2.45) is 0 Å². The summed E-state index contributed by atoms with van der Waals surface area (Å²) in [6.45, 7) is 1.81. The van der Waals surface area contributed by atoms with Crippen LogP contribution in [0.5, 0.6) is 0 Å². The van der Waals surface area contributed by atoms with Crippen molar-refractivity contribution in [1.82, 2.24) is 0 Å². The van der Waals surface area contributed by atoms with Crippen LogP contribution in [-0.4, -0.2) is 11.1 Å². The van der Waals surface area contributed by atoms with Gasteiger partial charge in [0.2, 0.25) is 0 Å². The lowest BCUT2D eigenvalue weighted by Gasteiger charge is -2.12. The highest BCUT2D eigenvalue weighted by atomic mass is 35.5. The van der Waals surface area contributed by atoms with Gasteiger partial charge in [0.1, 0.15) is 0 Å². The number of aryl methyl sites for hydroxylation is 1. The highest BCUT2D eigenvalue weighted by Crippen LogP contribution is 2.34. The van der Waals surface area contributed by atoms with E-state index in [0.29, 0.717) is 20.8 Å². The summed E-state index contributed by atoms with van der Waals surface area (Å²) in [5.74, 6) is -0.966. The van der Waals surface area contributed by atoms with Crippen molar-refractivity contribution in [3.8, 4) is 0 Å². The predicted molar refractivity (Wildman–Crippen MR) is 82.9 cm³/mol. The molecule has 20 heavy (non-hydrogen) atoms. The minimum atomic E-state index is -0.966. The highest BCUT2D eigenvalue weighted by molar-refractivity contribution is 6.44. The lowest BCUT2D eigenvalue weighted by molar-refractivity contribution is 0.0697. The normalized spacial score (nSPS) is 10.4. The number of anilines is 2. The van der Waals surface area contributed by atoms with Crippen LogP contribution in [0.15, 0.2) is 30.3 Å². The monoisotopic (exact) mass is 329 g/mol. The zero-order chi connectivity index (χ0) is 14.9. The van der Waals surface area contributed by atoms with E-state index in [1.165, 1.54) is 6.07 Å². The molecule has 0 unspecified atom stereocenters. The molecule has 0 atom stereocenters. The molecule has 3 nitrogen and oxygen atoms in total. The molecule has 104 valence electrons. The van der Waals surface area contributed by atoms with Crippen molar-refractivity contribution < 1.29 is 9.90 Å². The number of carboxylic acid groups (broad SMARTS) is 1. The first kappa shape index (κ1) is 15.0. The van der Waals surface area contributed by atoms with Crippen molar-refractivity contribution in [1.29, 1.82) is 0 Å². The molecule has 0 radical (unpaired) electrons. The third-order valence-electron chi connectivity index (χ3n) is 2.75. The Labute approximate surface area is 131 Å². The molecule has 0 saturated carbocycles. The number of rotatable bonds is 3. The second kappa shape index (κ2) is 5.92. The largest absolute Gasteiger partial charge is 0.478 e. The van der Waals surface area contributed by atoms with Gasteiger partial charge in [-0.3, -0.25) is 0 Å². The second-order valence-electron chi connectivity index (χ2n) is 4.21. The Balaban J connectivity index is 2.35. The topological polar surface area (TPSA) is 49.3 Å². The first-order valence-electron chi connectivity index (χ1n) is 5.64. The van der Waals surface area contributed by atoms with Crippen molar-refractivity contribution >= 4 is 52.1 Å². The Hall–Kier alpha value is -1.42. The lowest BCUT2D eigenvalue weighted by atomic mass is 10.1. The Morgan fingerprint density at radius 1 is 1.00 bits per heavy atom. The maximum absolute atomic E-state index is 10.9. The Morgan fingerprint density at radius 2 is 1.65 bits per heavy atom. The van der Waals surface area contributed by atoms with Crippen molar-refractivity contribution in [3.63, 3.8) is 0 Å². The third-order valence-corrected chi connectivity index (χ3v) is 3.79. The minimum absolute atomic E-state index is 0.230. The molecule has 0 aliphatic carbocycles. The number of carbonyl (C=O) groups is 1. The zero-order valence-electron chi connectivity index (χ0n) is 10.4. The molecule has 0 fully saturated rings. The molecule has 0 aromatic heterocycles. The van der Waals surface area contributed by atoms with Crippen LogP contribution in [0.25, 0.3) is 0 Å². The molecular formula is C14H10Cl3NO2. The number of halogens is 3. The number of hydrogen-bond acceptors (Lipinski definition) is 2. The lowest BCUT2D eigenvalue weighted by Crippen LogP contribution is -1.99. The minimum Gasteiger partial charge on any atom is -0.478 e. The predicted octanol–water partition coefficient (Wildman–Crippen LogP) is 5.40. The van der Waals surface area contributed by atoms with Gasteiger partial charge >= 0.3 is 5.97 Å². The average molecular weight is 331 g/mol. The molecule has 2 rings (SSSR count). The van der Waals surface area contributed by atoms with Crippen LogP contribution in [0.1, 0.15) is 15.9 Å². The van der Waals surface area contributed by atoms with Gasteiger partial charge < -0.3 is 10.4 Å².